The Morgan fingerprint density at radius 2 is 2.00 bits per heavy atom. The minimum absolute atomic E-state index is 0.138. The van der Waals surface area contributed by atoms with E-state index in [4.69, 9.17) is 16.3 Å². The minimum Gasteiger partial charge on any atom is -0.450 e. The summed E-state index contributed by atoms with van der Waals surface area (Å²) < 4.78 is 7.28. The molecule has 7 heteroatoms. The Morgan fingerprint density at radius 3 is 2.72 bits per heavy atom. The lowest BCUT2D eigenvalue weighted by Gasteiger charge is -2.33. The van der Waals surface area contributed by atoms with Gasteiger partial charge in [0.05, 0.1) is 12.6 Å². The maximum absolute atomic E-state index is 12.1. The lowest BCUT2D eigenvalue weighted by atomic mass is 9.85. The van der Waals surface area contributed by atoms with Crippen LogP contribution in [0.25, 0.3) is 5.57 Å². The van der Waals surface area contributed by atoms with Gasteiger partial charge in [-0.1, -0.05) is 33.1 Å². The molecule has 0 spiro atoms. The Morgan fingerprint density at radius 1 is 1.24 bits per heavy atom. The average Bonchev–Trinajstić information content (AvgIpc) is 2.85. The molecule has 1 unspecified atom stereocenters. The number of carbonyl (C=O) groups is 1. The van der Waals surface area contributed by atoms with Crippen LogP contribution in [-0.4, -0.2) is 36.7 Å². The molecular formula is C22H23Br2ClN2O2. The number of aryl methyl sites for hydroxylation is 1. The Balaban J connectivity index is 1.76. The normalized spacial score (nSPS) is 21.4. The van der Waals surface area contributed by atoms with E-state index in [9.17, 15) is 4.79 Å². The zero-order valence-corrected chi connectivity index (χ0v) is 20.2. The van der Waals surface area contributed by atoms with E-state index in [0.717, 1.165) is 39.7 Å². The number of ether oxygens (including phenoxy) is 1. The van der Waals surface area contributed by atoms with Gasteiger partial charge >= 0.3 is 6.09 Å². The van der Waals surface area contributed by atoms with E-state index in [1.807, 2.05) is 24.1 Å². The van der Waals surface area contributed by atoms with E-state index < -0.39 is 0 Å². The molecule has 0 bridgehead atoms. The second kappa shape index (κ2) is 8.86. The summed E-state index contributed by atoms with van der Waals surface area (Å²) in [6.45, 7) is 3.62. The molecule has 1 aliphatic carbocycles. The highest BCUT2D eigenvalue weighted by Gasteiger charge is 2.32. The molecule has 0 saturated carbocycles. The van der Waals surface area contributed by atoms with Crippen molar-refractivity contribution in [2.75, 3.05) is 19.7 Å². The van der Waals surface area contributed by atoms with Crippen molar-refractivity contribution in [1.82, 2.24) is 10.2 Å². The first-order valence-corrected chi connectivity index (χ1v) is 11.9. The van der Waals surface area contributed by atoms with Gasteiger partial charge in [0.25, 0.3) is 0 Å². The van der Waals surface area contributed by atoms with Crippen LogP contribution in [0.3, 0.4) is 0 Å². The number of allylic oxidation sites excluding steroid dienone is 2. The molecule has 1 aromatic rings. The van der Waals surface area contributed by atoms with Crippen LogP contribution >= 0.6 is 43.5 Å². The van der Waals surface area contributed by atoms with Crippen LogP contribution in [0.2, 0.25) is 5.02 Å². The number of benzene rings is 1. The number of amides is 1. The number of nitrogens with one attached hydrogen (secondary N) is 1. The van der Waals surface area contributed by atoms with Gasteiger partial charge < -0.3 is 15.0 Å². The van der Waals surface area contributed by atoms with E-state index >= 15 is 0 Å². The molecule has 2 aliphatic heterocycles. The highest BCUT2D eigenvalue weighted by molar-refractivity contribution is 9.12. The van der Waals surface area contributed by atoms with Crippen LogP contribution in [0.4, 0.5) is 4.79 Å². The van der Waals surface area contributed by atoms with Crippen molar-refractivity contribution in [3.63, 3.8) is 0 Å². The molecule has 1 saturated heterocycles. The van der Waals surface area contributed by atoms with Crippen molar-refractivity contribution >= 4 is 55.1 Å². The van der Waals surface area contributed by atoms with Gasteiger partial charge in [0.2, 0.25) is 0 Å². The summed E-state index contributed by atoms with van der Waals surface area (Å²) in [4.78, 5) is 13.9. The topological polar surface area (TPSA) is 41.6 Å². The number of likely N-dealkylation sites (tertiary alicyclic amines) is 1. The number of fused-ring (bicyclic) bond motifs is 2. The van der Waals surface area contributed by atoms with E-state index in [0.29, 0.717) is 19.7 Å². The molecular weight excluding hydrogens is 520 g/mol. The third-order valence-corrected chi connectivity index (χ3v) is 7.04. The first-order chi connectivity index (χ1) is 14.0. The lowest BCUT2D eigenvalue weighted by Crippen LogP contribution is -2.38. The number of carbonyl (C=O) groups excluding carboxylic acids is 1. The Hall–Kier alpha value is -1.24. The number of halogens is 3. The van der Waals surface area contributed by atoms with Crippen LogP contribution < -0.4 is 5.32 Å². The van der Waals surface area contributed by atoms with Gasteiger partial charge in [0.1, 0.15) is 0 Å². The molecule has 1 atom stereocenters. The molecule has 2 heterocycles. The van der Waals surface area contributed by atoms with Crippen LogP contribution in [-0.2, 0) is 11.2 Å². The van der Waals surface area contributed by atoms with E-state index in [1.54, 1.807) is 0 Å². The second-order valence-electron chi connectivity index (χ2n) is 7.47. The van der Waals surface area contributed by atoms with Crippen molar-refractivity contribution in [2.45, 2.75) is 38.6 Å². The first kappa shape index (κ1) is 21.0. The number of piperidine rings is 1. The van der Waals surface area contributed by atoms with Gasteiger partial charge in [-0.3, -0.25) is 0 Å². The molecule has 0 aromatic heterocycles. The van der Waals surface area contributed by atoms with Crippen molar-refractivity contribution in [3.05, 3.63) is 60.7 Å². The monoisotopic (exact) mass is 540 g/mol. The molecule has 4 rings (SSSR count). The Bertz CT molecular complexity index is 929. The van der Waals surface area contributed by atoms with E-state index in [1.165, 1.54) is 27.8 Å². The number of nitrogens with zero attached hydrogens (tertiary/aromatic N) is 1. The maximum Gasteiger partial charge on any atom is 0.409 e. The summed E-state index contributed by atoms with van der Waals surface area (Å²) in [6.07, 6.45) is 7.66. The summed E-state index contributed by atoms with van der Waals surface area (Å²) in [5.74, 6) is 0. The molecule has 1 fully saturated rings. The Kier molecular flexibility index (Phi) is 6.42. The summed E-state index contributed by atoms with van der Waals surface area (Å²) in [5.41, 5.74) is 6.61. The third-order valence-electron chi connectivity index (χ3n) is 5.73. The van der Waals surface area contributed by atoms with Crippen molar-refractivity contribution < 1.29 is 9.53 Å². The average molecular weight is 543 g/mol. The third kappa shape index (κ3) is 4.30. The predicted molar refractivity (Wildman–Crippen MR) is 124 cm³/mol. The SMILES string of the molecule is CCOC(=O)N1CCC(=C2c3c(Br)cc(Cl)cc3CCC3=CC(Br)=CNC32)CC1. The number of rotatable bonds is 1. The van der Waals surface area contributed by atoms with Gasteiger partial charge in [-0.15, -0.1) is 0 Å². The molecule has 0 radical (unpaired) electrons. The number of hydrogen-bond donors (Lipinski definition) is 1. The molecule has 29 heavy (non-hydrogen) atoms. The van der Waals surface area contributed by atoms with E-state index in [2.05, 4.69) is 49.3 Å². The van der Waals surface area contributed by atoms with Gasteiger partial charge in [-0.05, 0) is 89.0 Å². The number of dihydropyridines is 1. The minimum atomic E-state index is -0.214. The first-order valence-electron chi connectivity index (χ1n) is 9.92. The highest BCUT2D eigenvalue weighted by Crippen LogP contribution is 2.43. The summed E-state index contributed by atoms with van der Waals surface area (Å²) in [5, 5.41) is 4.35. The van der Waals surface area contributed by atoms with E-state index in [-0.39, 0.29) is 12.1 Å². The zero-order chi connectivity index (χ0) is 20.5. The summed E-state index contributed by atoms with van der Waals surface area (Å²) >= 11 is 13.8. The molecule has 1 amide bonds. The standard InChI is InChI=1S/C22H23Br2ClN2O2/c1-2-29-22(28)27-7-5-13(6-8-27)20-19-14(10-17(25)11-18(19)24)3-4-15-9-16(23)12-26-21(15)20/h9-12,21,26H,2-8H2,1H3. The van der Waals surface area contributed by atoms with Gasteiger partial charge in [-0.2, -0.15) is 0 Å². The zero-order valence-electron chi connectivity index (χ0n) is 16.2. The Labute approximate surface area is 193 Å². The van der Waals surface area contributed by atoms with Gasteiger partial charge in [-0.25, -0.2) is 4.79 Å². The molecule has 154 valence electrons. The fourth-order valence-electron chi connectivity index (χ4n) is 4.43. The predicted octanol–water partition coefficient (Wildman–Crippen LogP) is 6.19. The summed E-state index contributed by atoms with van der Waals surface area (Å²) in [7, 11) is 0. The highest BCUT2D eigenvalue weighted by atomic mass is 79.9. The molecule has 3 aliphatic rings. The van der Waals surface area contributed by atoms with Gasteiger partial charge in [0, 0.05) is 33.3 Å². The van der Waals surface area contributed by atoms with Crippen LogP contribution in [0.5, 0.6) is 0 Å². The van der Waals surface area contributed by atoms with Crippen LogP contribution in [0, 0.1) is 0 Å². The summed E-state index contributed by atoms with van der Waals surface area (Å²) in [6, 6.07) is 4.22. The van der Waals surface area contributed by atoms with Crippen molar-refractivity contribution in [1.29, 1.82) is 0 Å². The number of hydrogen-bond acceptors (Lipinski definition) is 3. The maximum atomic E-state index is 12.1. The molecule has 1 aromatic carbocycles. The molecule has 4 nitrogen and oxygen atoms in total. The quantitative estimate of drug-likeness (QED) is 0.460. The van der Waals surface area contributed by atoms with Crippen LogP contribution in [0.15, 0.2) is 44.5 Å². The second-order valence-corrected chi connectivity index (χ2v) is 9.68. The fraction of sp³-hybridized carbons (Fsp3) is 0.409. The van der Waals surface area contributed by atoms with Gasteiger partial charge in [0.15, 0.2) is 0 Å². The van der Waals surface area contributed by atoms with Crippen molar-refractivity contribution in [3.8, 4) is 0 Å². The van der Waals surface area contributed by atoms with Crippen molar-refractivity contribution in [2.24, 2.45) is 0 Å². The molecule has 1 N–H and O–H groups in total. The fourth-order valence-corrected chi connectivity index (χ4v) is 5.94. The largest absolute Gasteiger partial charge is 0.450 e. The lowest BCUT2D eigenvalue weighted by molar-refractivity contribution is 0.104. The van der Waals surface area contributed by atoms with Crippen LogP contribution in [0.1, 0.15) is 37.3 Å². The smallest absolute Gasteiger partial charge is 0.409 e.